The number of nitrogens with two attached hydrogens (primary N) is 1. The molecule has 20 heavy (non-hydrogen) atoms. The van der Waals surface area contributed by atoms with Gasteiger partial charge in [-0.2, -0.15) is 0 Å². The first-order valence-electron chi connectivity index (χ1n) is 8.42. The van der Waals surface area contributed by atoms with Gasteiger partial charge in [0.15, 0.2) is 0 Å². The molecule has 2 nitrogen and oxygen atoms in total. The van der Waals surface area contributed by atoms with E-state index in [2.05, 4.69) is 30.0 Å². The maximum atomic E-state index is 5.74. The molecule has 1 aliphatic heterocycles. The highest BCUT2D eigenvalue weighted by Gasteiger charge is 2.16. The van der Waals surface area contributed by atoms with E-state index in [1.54, 1.807) is 0 Å². The van der Waals surface area contributed by atoms with Crippen LogP contribution in [0.25, 0.3) is 0 Å². The van der Waals surface area contributed by atoms with E-state index in [0.717, 1.165) is 0 Å². The average Bonchev–Trinajstić information content (AvgIpc) is 2.50. The second kappa shape index (κ2) is 8.31. The lowest BCUT2D eigenvalue weighted by Gasteiger charge is -2.31. The molecule has 0 saturated heterocycles. The number of unbranched alkanes of at least 4 members (excludes halogenated alkanes) is 5. The summed E-state index contributed by atoms with van der Waals surface area (Å²) in [5, 5.41) is 0. The zero-order chi connectivity index (χ0) is 14.2. The van der Waals surface area contributed by atoms with E-state index in [9.17, 15) is 0 Å². The molecule has 0 bridgehead atoms. The molecule has 0 atom stereocenters. The molecule has 0 fully saturated rings. The van der Waals surface area contributed by atoms with Crippen molar-refractivity contribution in [3.8, 4) is 0 Å². The maximum Gasteiger partial charge on any atom is 0.0398 e. The molecule has 2 heteroatoms. The van der Waals surface area contributed by atoms with Crippen LogP contribution in [0.4, 0.5) is 5.69 Å². The molecule has 112 valence electrons. The van der Waals surface area contributed by atoms with Gasteiger partial charge in [-0.25, -0.2) is 0 Å². The van der Waals surface area contributed by atoms with Gasteiger partial charge >= 0.3 is 0 Å². The molecule has 0 unspecified atom stereocenters. The van der Waals surface area contributed by atoms with E-state index in [1.807, 2.05) is 0 Å². The molecule has 1 heterocycles. The fourth-order valence-electron chi connectivity index (χ4n) is 3.17. The smallest absolute Gasteiger partial charge is 0.0398 e. The minimum atomic E-state index is 0.657. The predicted octanol–water partition coefficient (Wildman–Crippen LogP) is 4.26. The van der Waals surface area contributed by atoms with Crippen LogP contribution in [-0.2, 0) is 13.0 Å². The molecule has 0 radical (unpaired) electrons. The van der Waals surface area contributed by atoms with Crippen LogP contribution in [0.3, 0.4) is 0 Å². The fourth-order valence-corrected chi connectivity index (χ4v) is 3.17. The largest absolute Gasteiger partial charge is 0.371 e. The number of nitrogens with zero attached hydrogens (tertiary/aromatic N) is 1. The van der Waals surface area contributed by atoms with Crippen LogP contribution in [0.1, 0.15) is 63.0 Å². The minimum absolute atomic E-state index is 0.657. The standard InChI is InChI=1S/C18H30N2/c1-2-3-4-5-6-7-12-20-13-8-9-17-14-16(15-19)10-11-18(17)20/h10-11,14H,2-9,12-13,15,19H2,1H3. The normalized spacial score (nSPS) is 14.4. The molecule has 0 saturated carbocycles. The van der Waals surface area contributed by atoms with Gasteiger partial charge in [0.2, 0.25) is 0 Å². The minimum Gasteiger partial charge on any atom is -0.371 e. The molecule has 1 aromatic rings. The quantitative estimate of drug-likeness (QED) is 0.718. The second-order valence-corrected chi connectivity index (χ2v) is 6.03. The Morgan fingerprint density at radius 3 is 2.70 bits per heavy atom. The van der Waals surface area contributed by atoms with Crippen molar-refractivity contribution in [1.82, 2.24) is 0 Å². The molecule has 0 spiro atoms. The van der Waals surface area contributed by atoms with Crippen molar-refractivity contribution in [1.29, 1.82) is 0 Å². The van der Waals surface area contributed by atoms with Gasteiger partial charge in [-0.15, -0.1) is 0 Å². The van der Waals surface area contributed by atoms with E-state index < -0.39 is 0 Å². The molecule has 1 aromatic carbocycles. The number of fused-ring (bicyclic) bond motifs is 1. The lowest BCUT2D eigenvalue weighted by atomic mass is 9.98. The van der Waals surface area contributed by atoms with Gasteiger partial charge in [-0.3, -0.25) is 0 Å². The molecular weight excluding hydrogens is 244 g/mol. The Morgan fingerprint density at radius 2 is 1.90 bits per heavy atom. The summed E-state index contributed by atoms with van der Waals surface area (Å²) in [6.07, 6.45) is 10.8. The van der Waals surface area contributed by atoms with E-state index in [-0.39, 0.29) is 0 Å². The Balaban J connectivity index is 1.82. The Hall–Kier alpha value is -1.02. The van der Waals surface area contributed by atoms with Crippen molar-refractivity contribution in [3.05, 3.63) is 29.3 Å². The van der Waals surface area contributed by atoms with E-state index in [0.29, 0.717) is 6.54 Å². The van der Waals surface area contributed by atoms with E-state index in [4.69, 9.17) is 5.73 Å². The van der Waals surface area contributed by atoms with Gasteiger partial charge in [0.25, 0.3) is 0 Å². The number of anilines is 1. The summed E-state index contributed by atoms with van der Waals surface area (Å²) in [6.45, 7) is 5.38. The summed E-state index contributed by atoms with van der Waals surface area (Å²) < 4.78 is 0. The van der Waals surface area contributed by atoms with Crippen molar-refractivity contribution in [2.24, 2.45) is 5.73 Å². The Labute approximate surface area is 124 Å². The van der Waals surface area contributed by atoms with Gasteiger partial charge in [-0.05, 0) is 36.5 Å². The van der Waals surface area contributed by atoms with Gasteiger partial charge in [0.1, 0.15) is 0 Å². The summed E-state index contributed by atoms with van der Waals surface area (Å²) in [5.41, 5.74) is 9.98. The lowest BCUT2D eigenvalue weighted by Crippen LogP contribution is -2.30. The van der Waals surface area contributed by atoms with Crippen LogP contribution in [0.15, 0.2) is 18.2 Å². The first-order chi connectivity index (χ1) is 9.85. The summed E-state index contributed by atoms with van der Waals surface area (Å²) in [6, 6.07) is 6.79. The first kappa shape index (κ1) is 15.4. The third kappa shape index (κ3) is 4.24. The Morgan fingerprint density at radius 1 is 1.10 bits per heavy atom. The second-order valence-electron chi connectivity index (χ2n) is 6.03. The average molecular weight is 274 g/mol. The molecule has 0 aliphatic carbocycles. The Bertz CT molecular complexity index is 400. The van der Waals surface area contributed by atoms with Gasteiger partial charge < -0.3 is 10.6 Å². The topological polar surface area (TPSA) is 29.3 Å². The van der Waals surface area contributed by atoms with Crippen LogP contribution in [0.5, 0.6) is 0 Å². The van der Waals surface area contributed by atoms with Crippen molar-refractivity contribution in [2.45, 2.75) is 64.8 Å². The van der Waals surface area contributed by atoms with Gasteiger partial charge in [0, 0.05) is 25.3 Å². The third-order valence-electron chi connectivity index (χ3n) is 4.38. The molecule has 0 amide bonds. The van der Waals surface area contributed by atoms with E-state index >= 15 is 0 Å². The number of hydrogen-bond donors (Lipinski definition) is 1. The van der Waals surface area contributed by atoms with Crippen LogP contribution < -0.4 is 10.6 Å². The van der Waals surface area contributed by atoms with Crippen LogP contribution in [0, 0.1) is 0 Å². The summed E-state index contributed by atoms with van der Waals surface area (Å²) in [4.78, 5) is 2.58. The molecule has 0 aromatic heterocycles. The van der Waals surface area contributed by atoms with Crippen molar-refractivity contribution in [2.75, 3.05) is 18.0 Å². The van der Waals surface area contributed by atoms with Gasteiger partial charge in [-0.1, -0.05) is 51.2 Å². The fraction of sp³-hybridized carbons (Fsp3) is 0.667. The predicted molar refractivity (Wildman–Crippen MR) is 88.2 cm³/mol. The number of rotatable bonds is 8. The molecular formula is C18H30N2. The van der Waals surface area contributed by atoms with Crippen molar-refractivity contribution >= 4 is 5.69 Å². The zero-order valence-electron chi connectivity index (χ0n) is 13.0. The van der Waals surface area contributed by atoms with Crippen LogP contribution >= 0.6 is 0 Å². The summed E-state index contributed by atoms with van der Waals surface area (Å²) >= 11 is 0. The van der Waals surface area contributed by atoms with Crippen LogP contribution in [0.2, 0.25) is 0 Å². The van der Waals surface area contributed by atoms with Crippen molar-refractivity contribution < 1.29 is 0 Å². The lowest BCUT2D eigenvalue weighted by molar-refractivity contribution is 0.588. The SMILES string of the molecule is CCCCCCCCN1CCCc2cc(CN)ccc21. The van der Waals surface area contributed by atoms with Crippen LogP contribution in [-0.4, -0.2) is 13.1 Å². The number of aryl methyl sites for hydroxylation is 1. The summed E-state index contributed by atoms with van der Waals surface area (Å²) in [7, 11) is 0. The Kier molecular flexibility index (Phi) is 6.38. The van der Waals surface area contributed by atoms with Crippen molar-refractivity contribution in [3.63, 3.8) is 0 Å². The highest BCUT2D eigenvalue weighted by molar-refractivity contribution is 5.56. The molecule has 1 aliphatic rings. The number of benzene rings is 1. The van der Waals surface area contributed by atoms with E-state index in [1.165, 1.54) is 81.3 Å². The maximum absolute atomic E-state index is 5.74. The zero-order valence-corrected chi connectivity index (χ0v) is 13.0. The highest BCUT2D eigenvalue weighted by atomic mass is 15.1. The third-order valence-corrected chi connectivity index (χ3v) is 4.38. The highest BCUT2D eigenvalue weighted by Crippen LogP contribution is 2.28. The first-order valence-corrected chi connectivity index (χ1v) is 8.42. The molecule has 2 rings (SSSR count). The molecule has 2 N–H and O–H groups in total. The number of hydrogen-bond acceptors (Lipinski definition) is 2. The monoisotopic (exact) mass is 274 g/mol. The summed E-state index contributed by atoms with van der Waals surface area (Å²) in [5.74, 6) is 0. The van der Waals surface area contributed by atoms with Gasteiger partial charge in [0.05, 0.1) is 0 Å².